The monoisotopic (exact) mass is 324 g/mol. The van der Waals surface area contributed by atoms with Crippen molar-refractivity contribution >= 4 is 11.7 Å². The summed E-state index contributed by atoms with van der Waals surface area (Å²) in [6.45, 7) is 3.72. The number of aromatic nitrogens is 1. The molecular weight excluding hydrogens is 300 g/mol. The molecule has 4 heteroatoms. The van der Waals surface area contributed by atoms with Gasteiger partial charge < -0.3 is 9.47 Å². The van der Waals surface area contributed by atoms with Crippen LogP contribution in [0.25, 0.3) is 0 Å². The van der Waals surface area contributed by atoms with Gasteiger partial charge in [-0.15, -0.1) is 0 Å². The molecule has 1 amide bonds. The molecule has 1 fully saturated rings. The minimum absolute atomic E-state index is 0.00540. The van der Waals surface area contributed by atoms with Crippen molar-refractivity contribution in [2.24, 2.45) is 7.05 Å². The number of carbonyl (C=O) groups is 2. The number of nitrogens with zero attached hydrogens (tertiary/aromatic N) is 2. The van der Waals surface area contributed by atoms with Crippen LogP contribution in [-0.2, 0) is 18.3 Å². The van der Waals surface area contributed by atoms with E-state index < -0.39 is 0 Å². The summed E-state index contributed by atoms with van der Waals surface area (Å²) in [7, 11) is 1.86. The van der Waals surface area contributed by atoms with Gasteiger partial charge in [-0.05, 0) is 38.3 Å². The first kappa shape index (κ1) is 16.5. The van der Waals surface area contributed by atoms with Crippen molar-refractivity contribution < 1.29 is 9.59 Å². The molecule has 24 heavy (non-hydrogen) atoms. The van der Waals surface area contributed by atoms with E-state index in [-0.39, 0.29) is 11.7 Å². The van der Waals surface area contributed by atoms with E-state index in [1.165, 1.54) is 6.42 Å². The van der Waals surface area contributed by atoms with Crippen LogP contribution in [0.4, 0.5) is 0 Å². The molecule has 0 radical (unpaired) electrons. The number of amides is 1. The van der Waals surface area contributed by atoms with Gasteiger partial charge in [-0.2, -0.15) is 0 Å². The lowest BCUT2D eigenvalue weighted by molar-refractivity contribution is -0.131. The van der Waals surface area contributed by atoms with E-state index in [1.54, 1.807) is 0 Å². The number of likely N-dealkylation sites (tertiary alicyclic amines) is 1. The van der Waals surface area contributed by atoms with Crippen molar-refractivity contribution in [2.45, 2.75) is 32.6 Å². The third kappa shape index (κ3) is 3.42. The Bertz CT molecular complexity index is 737. The molecule has 126 valence electrons. The fourth-order valence-corrected chi connectivity index (χ4v) is 3.22. The van der Waals surface area contributed by atoms with Gasteiger partial charge in [0.25, 0.3) is 0 Å². The number of hydrogen-bond donors (Lipinski definition) is 0. The van der Waals surface area contributed by atoms with Crippen LogP contribution in [0.2, 0.25) is 0 Å². The first-order valence-corrected chi connectivity index (χ1v) is 8.60. The number of rotatable bonds is 4. The molecule has 4 nitrogen and oxygen atoms in total. The molecule has 1 aromatic heterocycles. The van der Waals surface area contributed by atoms with E-state index >= 15 is 0 Å². The van der Waals surface area contributed by atoms with E-state index in [0.717, 1.165) is 37.2 Å². The Hall–Kier alpha value is -2.36. The summed E-state index contributed by atoms with van der Waals surface area (Å²) in [4.78, 5) is 27.0. The van der Waals surface area contributed by atoms with Gasteiger partial charge in [0.2, 0.25) is 11.7 Å². The number of piperidine rings is 1. The van der Waals surface area contributed by atoms with Crippen LogP contribution in [0, 0.1) is 6.92 Å². The lowest BCUT2D eigenvalue weighted by Crippen LogP contribution is -2.36. The number of hydrogen-bond acceptors (Lipinski definition) is 2. The minimum Gasteiger partial charge on any atom is -0.344 e. The first-order valence-electron chi connectivity index (χ1n) is 8.60. The molecule has 0 N–H and O–H groups in total. The molecule has 2 heterocycles. The smallest absolute Gasteiger partial charge is 0.228 e. The van der Waals surface area contributed by atoms with Gasteiger partial charge in [-0.25, -0.2) is 0 Å². The molecule has 0 spiro atoms. The second kappa shape index (κ2) is 7.04. The second-order valence-electron chi connectivity index (χ2n) is 6.58. The number of ketones is 1. The van der Waals surface area contributed by atoms with Crippen molar-refractivity contribution in [1.29, 1.82) is 0 Å². The standard InChI is InChI=1S/C20H24N2O2/c1-15-6-8-16(9-7-15)20(24)18-11-10-17(21(18)2)14-19(23)22-12-4-3-5-13-22/h6-11H,3-5,12-14H2,1-2H3. The predicted octanol–water partition coefficient (Wildman–Crippen LogP) is 3.12. The maximum atomic E-state index is 12.7. The van der Waals surface area contributed by atoms with Crippen LogP contribution in [0.3, 0.4) is 0 Å². The van der Waals surface area contributed by atoms with Crippen LogP contribution < -0.4 is 0 Å². The summed E-state index contributed by atoms with van der Waals surface area (Å²) in [5.74, 6) is 0.152. The third-order valence-corrected chi connectivity index (χ3v) is 4.81. The summed E-state index contributed by atoms with van der Waals surface area (Å²) in [6, 6.07) is 11.3. The summed E-state index contributed by atoms with van der Waals surface area (Å²) in [5, 5.41) is 0. The fourth-order valence-electron chi connectivity index (χ4n) is 3.22. The van der Waals surface area contributed by atoms with Gasteiger partial charge in [-0.3, -0.25) is 9.59 Å². The van der Waals surface area contributed by atoms with Crippen molar-refractivity contribution in [3.05, 3.63) is 58.9 Å². The van der Waals surface area contributed by atoms with E-state index in [4.69, 9.17) is 0 Å². The molecule has 2 aromatic rings. The molecule has 1 aliphatic heterocycles. The SMILES string of the molecule is Cc1ccc(C(=O)c2ccc(CC(=O)N3CCCCC3)n2C)cc1. The average molecular weight is 324 g/mol. The largest absolute Gasteiger partial charge is 0.344 e. The van der Waals surface area contributed by atoms with Gasteiger partial charge >= 0.3 is 0 Å². The van der Waals surface area contributed by atoms with E-state index in [2.05, 4.69) is 0 Å². The summed E-state index contributed by atoms with van der Waals surface area (Å²) in [6.07, 6.45) is 3.76. The molecular formula is C20H24N2O2. The number of carbonyl (C=O) groups excluding carboxylic acids is 2. The topological polar surface area (TPSA) is 42.3 Å². The normalized spacial score (nSPS) is 14.7. The first-order chi connectivity index (χ1) is 11.6. The molecule has 0 saturated carbocycles. The Morgan fingerprint density at radius 3 is 2.29 bits per heavy atom. The van der Waals surface area contributed by atoms with E-state index in [1.807, 2.05) is 59.8 Å². The van der Waals surface area contributed by atoms with Crippen LogP contribution in [0.15, 0.2) is 36.4 Å². The van der Waals surface area contributed by atoms with E-state index in [0.29, 0.717) is 17.7 Å². The summed E-state index contributed by atoms with van der Waals surface area (Å²) >= 11 is 0. The Kier molecular flexibility index (Phi) is 4.84. The van der Waals surface area contributed by atoms with Gasteiger partial charge in [0.05, 0.1) is 12.1 Å². The Balaban J connectivity index is 1.74. The van der Waals surface area contributed by atoms with Crippen LogP contribution in [0.1, 0.15) is 46.6 Å². The van der Waals surface area contributed by atoms with Crippen molar-refractivity contribution in [2.75, 3.05) is 13.1 Å². The Morgan fingerprint density at radius 2 is 1.62 bits per heavy atom. The highest BCUT2D eigenvalue weighted by Crippen LogP contribution is 2.16. The van der Waals surface area contributed by atoms with Crippen molar-refractivity contribution in [3.63, 3.8) is 0 Å². The molecule has 0 bridgehead atoms. The Morgan fingerprint density at radius 1 is 0.958 bits per heavy atom. The highest BCUT2D eigenvalue weighted by Gasteiger charge is 2.20. The van der Waals surface area contributed by atoms with Gasteiger partial charge in [-0.1, -0.05) is 29.8 Å². The van der Waals surface area contributed by atoms with Crippen molar-refractivity contribution in [3.8, 4) is 0 Å². The fraction of sp³-hybridized carbons (Fsp3) is 0.400. The van der Waals surface area contributed by atoms with Gasteiger partial charge in [0.15, 0.2) is 0 Å². The lowest BCUT2D eigenvalue weighted by Gasteiger charge is -2.26. The summed E-state index contributed by atoms with van der Waals surface area (Å²) in [5.41, 5.74) is 3.32. The zero-order valence-corrected chi connectivity index (χ0v) is 14.4. The molecule has 1 aliphatic rings. The van der Waals surface area contributed by atoms with Crippen molar-refractivity contribution in [1.82, 2.24) is 9.47 Å². The highest BCUT2D eigenvalue weighted by atomic mass is 16.2. The maximum Gasteiger partial charge on any atom is 0.228 e. The Labute approximate surface area is 143 Å². The predicted molar refractivity (Wildman–Crippen MR) is 94.2 cm³/mol. The average Bonchev–Trinajstić information content (AvgIpc) is 2.96. The third-order valence-electron chi connectivity index (χ3n) is 4.81. The summed E-state index contributed by atoms with van der Waals surface area (Å²) < 4.78 is 1.85. The lowest BCUT2D eigenvalue weighted by atomic mass is 10.1. The molecule has 0 unspecified atom stereocenters. The quantitative estimate of drug-likeness (QED) is 0.811. The minimum atomic E-state index is -0.00540. The number of benzene rings is 1. The van der Waals surface area contributed by atoms with Gasteiger partial charge in [0, 0.05) is 31.4 Å². The van der Waals surface area contributed by atoms with E-state index in [9.17, 15) is 9.59 Å². The molecule has 0 aliphatic carbocycles. The zero-order valence-electron chi connectivity index (χ0n) is 14.4. The second-order valence-corrected chi connectivity index (χ2v) is 6.58. The maximum absolute atomic E-state index is 12.7. The van der Waals surface area contributed by atoms with Crippen LogP contribution in [-0.4, -0.2) is 34.2 Å². The number of aryl methyl sites for hydroxylation is 1. The molecule has 3 rings (SSSR count). The molecule has 0 atom stereocenters. The van der Waals surface area contributed by atoms with Crippen LogP contribution in [0.5, 0.6) is 0 Å². The molecule has 1 aromatic carbocycles. The zero-order chi connectivity index (χ0) is 17.1. The van der Waals surface area contributed by atoms with Gasteiger partial charge in [0.1, 0.15) is 0 Å². The van der Waals surface area contributed by atoms with Crippen LogP contribution >= 0.6 is 0 Å². The molecule has 1 saturated heterocycles. The highest BCUT2D eigenvalue weighted by molar-refractivity contribution is 6.08.